The van der Waals surface area contributed by atoms with Crippen LogP contribution in [0.5, 0.6) is 0 Å². The molecule has 10 heteroatoms. The third-order valence-corrected chi connectivity index (χ3v) is 7.44. The van der Waals surface area contributed by atoms with Crippen LogP contribution >= 0.6 is 22.9 Å². The van der Waals surface area contributed by atoms with Gasteiger partial charge in [-0.3, -0.25) is 9.69 Å². The summed E-state index contributed by atoms with van der Waals surface area (Å²) in [5.41, 5.74) is 2.64. The van der Waals surface area contributed by atoms with Crippen LogP contribution in [0.1, 0.15) is 27.7 Å². The summed E-state index contributed by atoms with van der Waals surface area (Å²) in [6.07, 6.45) is 5.25. The van der Waals surface area contributed by atoms with Crippen LogP contribution in [0.3, 0.4) is 0 Å². The topological polar surface area (TPSA) is 92.2 Å². The molecular formula is C23H20ClN5O3S. The summed E-state index contributed by atoms with van der Waals surface area (Å²) in [6, 6.07) is 11.1. The number of nitrogens with one attached hydrogen (secondary N) is 2. The van der Waals surface area contributed by atoms with Gasteiger partial charge in [0.2, 0.25) is 0 Å². The van der Waals surface area contributed by atoms with Crippen LogP contribution in [0.25, 0.3) is 10.2 Å². The van der Waals surface area contributed by atoms with E-state index in [1.807, 2.05) is 41.1 Å². The fraction of sp³-hybridized carbons (Fsp3) is 0.261. The first kappa shape index (κ1) is 20.3. The lowest BCUT2D eigenvalue weighted by atomic mass is 10.0. The number of carbonyl (C=O) groups is 2. The van der Waals surface area contributed by atoms with E-state index in [0.717, 1.165) is 21.3 Å². The first-order chi connectivity index (χ1) is 16.0. The number of rotatable bonds is 5. The Kier molecular flexibility index (Phi) is 4.88. The number of halogens is 1. The Morgan fingerprint density at radius 1 is 1.33 bits per heavy atom. The van der Waals surface area contributed by atoms with Crippen LogP contribution in [-0.4, -0.2) is 50.1 Å². The molecule has 0 bridgehead atoms. The molecule has 33 heavy (non-hydrogen) atoms. The van der Waals surface area contributed by atoms with Gasteiger partial charge in [-0.2, -0.15) is 0 Å². The van der Waals surface area contributed by atoms with E-state index in [-0.39, 0.29) is 30.2 Å². The normalized spacial score (nSPS) is 22.0. The number of aromatic nitrogens is 3. The fourth-order valence-electron chi connectivity index (χ4n) is 4.84. The number of thiophene rings is 1. The molecule has 4 heterocycles. The number of H-pyrrole nitrogens is 1. The number of cyclic esters (lactones) is 1. The summed E-state index contributed by atoms with van der Waals surface area (Å²) in [5.74, 6) is -0.208. The van der Waals surface area contributed by atoms with Gasteiger partial charge in [0.05, 0.1) is 35.8 Å². The van der Waals surface area contributed by atoms with Crippen molar-refractivity contribution < 1.29 is 14.3 Å². The maximum absolute atomic E-state index is 13.1. The monoisotopic (exact) mass is 481 g/mol. The lowest BCUT2D eigenvalue weighted by molar-refractivity contribution is 0.0900. The van der Waals surface area contributed by atoms with Crippen LogP contribution < -0.4 is 5.32 Å². The molecule has 0 radical (unpaired) electrons. The summed E-state index contributed by atoms with van der Waals surface area (Å²) >= 11 is 7.45. The lowest BCUT2D eigenvalue weighted by Crippen LogP contribution is -2.45. The van der Waals surface area contributed by atoms with Crippen molar-refractivity contribution in [3.8, 4) is 0 Å². The van der Waals surface area contributed by atoms with Gasteiger partial charge in [0.1, 0.15) is 16.6 Å². The molecule has 8 nitrogen and oxygen atoms in total. The third-order valence-electron chi connectivity index (χ3n) is 6.25. The molecule has 1 saturated heterocycles. The minimum Gasteiger partial charge on any atom is -0.442 e. The molecule has 2 aliphatic rings. The van der Waals surface area contributed by atoms with Crippen LogP contribution in [0, 0.1) is 0 Å². The fourth-order valence-corrected chi connectivity index (χ4v) is 5.97. The van der Waals surface area contributed by atoms with Crippen molar-refractivity contribution in [3.63, 3.8) is 0 Å². The summed E-state index contributed by atoms with van der Waals surface area (Å²) in [6.45, 7) is 0.981. The number of amides is 2. The molecule has 6 rings (SSSR count). The van der Waals surface area contributed by atoms with Gasteiger partial charge in [0.25, 0.3) is 5.91 Å². The second kappa shape index (κ2) is 7.93. The Bertz CT molecular complexity index is 1320. The predicted octanol–water partition coefficient (Wildman–Crippen LogP) is 4.00. The molecule has 4 aromatic rings. The molecule has 2 N–H and O–H groups in total. The van der Waals surface area contributed by atoms with Gasteiger partial charge in [0, 0.05) is 17.8 Å². The highest BCUT2D eigenvalue weighted by atomic mass is 35.5. The maximum atomic E-state index is 13.1. The van der Waals surface area contributed by atoms with Crippen LogP contribution in [0.15, 0.2) is 55.1 Å². The van der Waals surface area contributed by atoms with Crippen molar-refractivity contribution in [2.24, 2.45) is 0 Å². The van der Waals surface area contributed by atoms with Crippen molar-refractivity contribution in [1.82, 2.24) is 24.8 Å². The van der Waals surface area contributed by atoms with E-state index >= 15 is 0 Å². The van der Waals surface area contributed by atoms with Crippen molar-refractivity contribution in [1.29, 1.82) is 0 Å². The van der Waals surface area contributed by atoms with Crippen LogP contribution in [-0.2, 0) is 17.7 Å². The Balaban J connectivity index is 1.25. The molecular weight excluding hydrogens is 462 g/mol. The molecule has 1 fully saturated rings. The molecule has 1 aromatic carbocycles. The minimum absolute atomic E-state index is 0.208. The Hall–Kier alpha value is -3.30. The molecule has 0 spiro atoms. The third kappa shape index (κ3) is 3.67. The van der Waals surface area contributed by atoms with Gasteiger partial charge < -0.3 is 19.6 Å². The molecule has 168 valence electrons. The summed E-state index contributed by atoms with van der Waals surface area (Å²) in [4.78, 5) is 35.8. The van der Waals surface area contributed by atoms with E-state index < -0.39 is 0 Å². The van der Waals surface area contributed by atoms with Gasteiger partial charge in [-0.25, -0.2) is 9.78 Å². The van der Waals surface area contributed by atoms with E-state index in [1.165, 1.54) is 11.3 Å². The molecule has 0 unspecified atom stereocenters. The molecule has 2 amide bonds. The Morgan fingerprint density at radius 2 is 2.21 bits per heavy atom. The van der Waals surface area contributed by atoms with Crippen LogP contribution in [0.2, 0.25) is 4.34 Å². The molecule has 1 aliphatic heterocycles. The van der Waals surface area contributed by atoms with Crippen molar-refractivity contribution in [2.75, 3.05) is 6.54 Å². The van der Waals surface area contributed by atoms with Crippen molar-refractivity contribution >= 4 is 45.2 Å². The van der Waals surface area contributed by atoms with E-state index in [2.05, 4.69) is 15.3 Å². The zero-order valence-electron chi connectivity index (χ0n) is 17.4. The average Bonchev–Trinajstić information content (AvgIpc) is 3.57. The number of hydrogen-bond acceptors (Lipinski definition) is 5. The van der Waals surface area contributed by atoms with Crippen molar-refractivity contribution in [3.05, 3.63) is 76.3 Å². The van der Waals surface area contributed by atoms with E-state index in [9.17, 15) is 9.59 Å². The zero-order chi connectivity index (χ0) is 22.5. The summed E-state index contributed by atoms with van der Waals surface area (Å²) in [5, 5.41) is 4.06. The average molecular weight is 482 g/mol. The number of nitrogens with zero attached hydrogens (tertiary/aromatic N) is 3. The zero-order valence-corrected chi connectivity index (χ0v) is 19.0. The quantitative estimate of drug-likeness (QED) is 0.450. The Labute approximate surface area is 198 Å². The first-order valence-corrected chi connectivity index (χ1v) is 11.8. The highest BCUT2D eigenvalue weighted by Gasteiger charge is 2.44. The largest absolute Gasteiger partial charge is 0.442 e. The second-order valence-electron chi connectivity index (χ2n) is 8.36. The van der Waals surface area contributed by atoms with E-state index in [0.29, 0.717) is 29.5 Å². The smallest absolute Gasteiger partial charge is 0.410 e. The molecule has 1 aliphatic carbocycles. The molecule has 0 saturated carbocycles. The molecule has 3 atom stereocenters. The summed E-state index contributed by atoms with van der Waals surface area (Å²) < 4.78 is 8.23. The van der Waals surface area contributed by atoms with E-state index in [1.54, 1.807) is 23.5 Å². The Morgan fingerprint density at radius 3 is 3.03 bits per heavy atom. The number of benzene rings is 1. The molecule has 3 aromatic heterocycles. The number of imidazole rings is 1. The number of ether oxygens (including phenoxy) is 1. The van der Waals surface area contributed by atoms with Gasteiger partial charge >= 0.3 is 6.09 Å². The van der Waals surface area contributed by atoms with Gasteiger partial charge in [-0.15, -0.1) is 11.3 Å². The first-order valence-electron chi connectivity index (χ1n) is 10.6. The highest BCUT2D eigenvalue weighted by Crippen LogP contribution is 2.38. The summed E-state index contributed by atoms with van der Waals surface area (Å²) in [7, 11) is 0. The van der Waals surface area contributed by atoms with Gasteiger partial charge in [-0.05, 0) is 29.7 Å². The second-order valence-corrected chi connectivity index (χ2v) is 10.0. The SMILES string of the molecule is O=C(N[C@@H]1Cc2ccccc2[C@H]1N1C[C@@H](Cn2ccnc2)OC1=O)c1cc2cc(Cl)sc2[nH]1. The number of fused-ring (bicyclic) bond motifs is 2. The minimum atomic E-state index is -0.365. The van der Waals surface area contributed by atoms with Gasteiger partial charge in [0.15, 0.2) is 0 Å². The van der Waals surface area contributed by atoms with Crippen LogP contribution in [0.4, 0.5) is 4.79 Å². The van der Waals surface area contributed by atoms with E-state index in [4.69, 9.17) is 16.3 Å². The lowest BCUT2D eigenvalue weighted by Gasteiger charge is -2.29. The highest BCUT2D eigenvalue weighted by molar-refractivity contribution is 7.22. The predicted molar refractivity (Wildman–Crippen MR) is 125 cm³/mol. The number of aromatic amines is 1. The number of hydrogen-bond donors (Lipinski definition) is 2. The number of carbonyl (C=O) groups excluding carboxylic acids is 2. The maximum Gasteiger partial charge on any atom is 0.410 e. The van der Waals surface area contributed by atoms with Crippen molar-refractivity contribution in [2.45, 2.75) is 31.2 Å². The van der Waals surface area contributed by atoms with Gasteiger partial charge in [-0.1, -0.05) is 35.9 Å². The standard InChI is InChI=1S/C23H20ClN5O3S/c24-19-9-14-8-18(27-22(14)33-19)21(30)26-17-7-13-3-1-2-4-16(13)20(17)29-11-15(32-23(29)31)10-28-6-5-25-12-28/h1-6,8-9,12,15,17,20,27H,7,10-11H2,(H,26,30)/t15-,17-,20-/m1/s1.